The van der Waals surface area contributed by atoms with Crippen LogP contribution in [0, 0.1) is 0 Å². The number of nitrogens with zero attached hydrogens (tertiary/aromatic N) is 2. The minimum Gasteiger partial charge on any atom is -0.370 e. The minimum atomic E-state index is 0.517. The van der Waals surface area contributed by atoms with Crippen LogP contribution >= 0.6 is 23.4 Å². The van der Waals surface area contributed by atoms with Gasteiger partial charge in [-0.2, -0.15) is 11.8 Å². The fourth-order valence-corrected chi connectivity index (χ4v) is 2.81. The summed E-state index contributed by atoms with van der Waals surface area (Å²) in [5.74, 6) is 1.65. The summed E-state index contributed by atoms with van der Waals surface area (Å²) in [5, 5.41) is 0. The molecule has 2 nitrogen and oxygen atoms in total. The predicted molar refractivity (Wildman–Crippen MR) is 74.7 cm³/mol. The lowest BCUT2D eigenvalue weighted by atomic mass is 10.1. The first-order valence-electron chi connectivity index (χ1n) is 5.45. The Kier molecular flexibility index (Phi) is 5.99. The highest BCUT2D eigenvalue weighted by Gasteiger charge is 2.15. The van der Waals surface area contributed by atoms with Gasteiger partial charge in [0.2, 0.25) is 0 Å². The Morgan fingerprint density at radius 1 is 1.56 bits per heavy atom. The minimum absolute atomic E-state index is 0.517. The van der Waals surface area contributed by atoms with Crippen LogP contribution in [-0.4, -0.2) is 30.1 Å². The molecule has 1 aromatic rings. The zero-order valence-electron chi connectivity index (χ0n) is 10.1. The number of anilines is 1. The van der Waals surface area contributed by atoms with E-state index < -0.39 is 0 Å². The molecule has 0 saturated heterocycles. The summed E-state index contributed by atoms with van der Waals surface area (Å²) in [4.78, 5) is 6.43. The van der Waals surface area contributed by atoms with Crippen LogP contribution in [0.1, 0.15) is 18.9 Å². The maximum Gasteiger partial charge on any atom is 0.0509 e. The third kappa shape index (κ3) is 3.29. The van der Waals surface area contributed by atoms with E-state index in [0.717, 1.165) is 17.7 Å². The molecule has 1 aromatic heterocycles. The summed E-state index contributed by atoms with van der Waals surface area (Å²) in [7, 11) is 2.13. The third-order valence-electron chi connectivity index (χ3n) is 2.78. The molecule has 0 spiro atoms. The molecule has 0 radical (unpaired) electrons. The summed E-state index contributed by atoms with van der Waals surface area (Å²) < 4.78 is 0. The van der Waals surface area contributed by atoms with E-state index in [0.29, 0.717) is 11.9 Å². The van der Waals surface area contributed by atoms with Gasteiger partial charge in [-0.1, -0.05) is 6.92 Å². The van der Waals surface area contributed by atoms with Gasteiger partial charge in [-0.25, -0.2) is 0 Å². The Bertz CT molecular complexity index is 320. The summed E-state index contributed by atoms with van der Waals surface area (Å²) in [6.45, 7) is 2.22. The van der Waals surface area contributed by atoms with E-state index in [1.54, 1.807) is 0 Å². The highest BCUT2D eigenvalue weighted by atomic mass is 35.5. The second-order valence-electron chi connectivity index (χ2n) is 3.77. The molecule has 1 rings (SSSR count). The normalized spacial score (nSPS) is 12.5. The molecule has 1 heterocycles. The van der Waals surface area contributed by atoms with E-state index in [1.807, 2.05) is 30.2 Å². The van der Waals surface area contributed by atoms with Crippen molar-refractivity contribution in [3.8, 4) is 0 Å². The molecule has 0 N–H and O–H groups in total. The zero-order chi connectivity index (χ0) is 12.0. The number of alkyl halides is 1. The smallest absolute Gasteiger partial charge is 0.0509 e. The molecule has 90 valence electrons. The van der Waals surface area contributed by atoms with E-state index in [1.165, 1.54) is 5.69 Å². The van der Waals surface area contributed by atoms with Crippen molar-refractivity contribution in [1.82, 2.24) is 4.98 Å². The highest BCUT2D eigenvalue weighted by molar-refractivity contribution is 7.98. The Morgan fingerprint density at radius 3 is 2.88 bits per heavy atom. The lowest BCUT2D eigenvalue weighted by Gasteiger charge is -2.30. The SMILES string of the molecule is CCC(CSC)N(C)c1ccncc1CCl. The number of thioether (sulfide) groups is 1. The van der Waals surface area contributed by atoms with Crippen molar-refractivity contribution in [3.05, 3.63) is 24.0 Å². The van der Waals surface area contributed by atoms with Gasteiger partial charge in [0.1, 0.15) is 0 Å². The summed E-state index contributed by atoms with van der Waals surface area (Å²) >= 11 is 7.81. The largest absolute Gasteiger partial charge is 0.370 e. The van der Waals surface area contributed by atoms with Crippen molar-refractivity contribution >= 4 is 29.1 Å². The molecule has 16 heavy (non-hydrogen) atoms. The lowest BCUT2D eigenvalue weighted by Crippen LogP contribution is -2.33. The first kappa shape index (κ1) is 13.7. The van der Waals surface area contributed by atoms with Crippen LogP contribution in [-0.2, 0) is 5.88 Å². The monoisotopic (exact) mass is 258 g/mol. The fraction of sp³-hybridized carbons (Fsp3) is 0.583. The Balaban J connectivity index is 2.88. The van der Waals surface area contributed by atoms with Crippen LogP contribution in [0.3, 0.4) is 0 Å². The van der Waals surface area contributed by atoms with Gasteiger partial charge in [0.15, 0.2) is 0 Å². The second kappa shape index (κ2) is 7.02. The van der Waals surface area contributed by atoms with Gasteiger partial charge in [-0.05, 0) is 18.7 Å². The topological polar surface area (TPSA) is 16.1 Å². The quantitative estimate of drug-likeness (QED) is 0.728. The van der Waals surface area contributed by atoms with Crippen molar-refractivity contribution in [2.24, 2.45) is 0 Å². The number of hydrogen-bond acceptors (Lipinski definition) is 3. The van der Waals surface area contributed by atoms with E-state index in [-0.39, 0.29) is 0 Å². The van der Waals surface area contributed by atoms with Crippen LogP contribution in [0.25, 0.3) is 0 Å². The van der Waals surface area contributed by atoms with Crippen molar-refractivity contribution in [2.75, 3.05) is 24.0 Å². The predicted octanol–water partition coefficient (Wildman–Crippen LogP) is 3.40. The van der Waals surface area contributed by atoms with Gasteiger partial charge in [-0.15, -0.1) is 11.6 Å². The average Bonchev–Trinajstić information content (AvgIpc) is 2.35. The summed E-state index contributed by atoms with van der Waals surface area (Å²) in [5.41, 5.74) is 2.30. The maximum absolute atomic E-state index is 5.93. The van der Waals surface area contributed by atoms with Crippen molar-refractivity contribution in [2.45, 2.75) is 25.3 Å². The molecule has 0 fully saturated rings. The van der Waals surface area contributed by atoms with Gasteiger partial charge in [0.05, 0.1) is 5.88 Å². The summed E-state index contributed by atoms with van der Waals surface area (Å²) in [6.07, 6.45) is 6.96. The van der Waals surface area contributed by atoms with Gasteiger partial charge in [0, 0.05) is 42.5 Å². The Morgan fingerprint density at radius 2 is 2.31 bits per heavy atom. The average molecular weight is 259 g/mol. The van der Waals surface area contributed by atoms with E-state index in [9.17, 15) is 0 Å². The third-order valence-corrected chi connectivity index (χ3v) is 3.79. The number of aromatic nitrogens is 1. The van der Waals surface area contributed by atoms with Gasteiger partial charge in [0.25, 0.3) is 0 Å². The first-order chi connectivity index (χ1) is 7.74. The van der Waals surface area contributed by atoms with Crippen molar-refractivity contribution in [1.29, 1.82) is 0 Å². The van der Waals surface area contributed by atoms with Crippen molar-refractivity contribution in [3.63, 3.8) is 0 Å². The van der Waals surface area contributed by atoms with Crippen LogP contribution in [0.4, 0.5) is 5.69 Å². The number of halogens is 1. The zero-order valence-corrected chi connectivity index (χ0v) is 11.7. The van der Waals surface area contributed by atoms with Crippen LogP contribution < -0.4 is 4.90 Å². The van der Waals surface area contributed by atoms with E-state index in [2.05, 4.69) is 30.1 Å². The molecule has 0 saturated carbocycles. The number of pyridine rings is 1. The first-order valence-corrected chi connectivity index (χ1v) is 7.38. The van der Waals surface area contributed by atoms with Gasteiger partial charge >= 0.3 is 0 Å². The van der Waals surface area contributed by atoms with Crippen LogP contribution in [0.2, 0.25) is 0 Å². The Hall–Kier alpha value is -0.410. The van der Waals surface area contributed by atoms with Gasteiger partial charge in [-0.3, -0.25) is 4.98 Å². The van der Waals surface area contributed by atoms with E-state index >= 15 is 0 Å². The summed E-state index contributed by atoms with van der Waals surface area (Å²) in [6, 6.07) is 2.60. The lowest BCUT2D eigenvalue weighted by molar-refractivity contribution is 0.671. The molecule has 1 unspecified atom stereocenters. The second-order valence-corrected chi connectivity index (χ2v) is 4.94. The molecular formula is C12H19ClN2S. The molecule has 0 aliphatic rings. The molecule has 0 aliphatic heterocycles. The molecule has 0 amide bonds. The number of rotatable bonds is 6. The molecule has 0 bridgehead atoms. The maximum atomic E-state index is 5.93. The molecular weight excluding hydrogens is 240 g/mol. The molecule has 1 atom stereocenters. The molecule has 4 heteroatoms. The van der Waals surface area contributed by atoms with Gasteiger partial charge < -0.3 is 4.90 Å². The number of hydrogen-bond donors (Lipinski definition) is 0. The molecule has 0 aliphatic carbocycles. The fourth-order valence-electron chi connectivity index (χ4n) is 1.76. The van der Waals surface area contributed by atoms with Crippen LogP contribution in [0.15, 0.2) is 18.5 Å². The standard InChI is InChI=1S/C12H19ClN2S/c1-4-11(9-16-3)15(2)12-5-6-14-8-10(12)7-13/h5-6,8,11H,4,7,9H2,1-3H3. The Labute approximate surface area is 107 Å². The van der Waals surface area contributed by atoms with Crippen LogP contribution in [0.5, 0.6) is 0 Å². The van der Waals surface area contributed by atoms with E-state index in [4.69, 9.17) is 11.6 Å². The van der Waals surface area contributed by atoms with Crippen molar-refractivity contribution < 1.29 is 0 Å². The molecule has 0 aromatic carbocycles. The highest BCUT2D eigenvalue weighted by Crippen LogP contribution is 2.23.